The molecule has 2 amide bonds. The average Bonchev–Trinajstić information content (AvgIpc) is 2.63. The molecule has 18 heavy (non-hydrogen) atoms. The maximum atomic E-state index is 12.0. The smallest absolute Gasteiger partial charge is 0.311 e. The number of carboxylic acid groups (broad SMARTS) is 1. The Bertz CT molecular complexity index is 388. The van der Waals surface area contributed by atoms with Crippen LogP contribution in [0.15, 0.2) is 0 Å². The van der Waals surface area contributed by atoms with Crippen LogP contribution in [0.25, 0.3) is 0 Å². The molecule has 1 aliphatic heterocycles. The van der Waals surface area contributed by atoms with Crippen LogP contribution in [-0.2, 0) is 14.4 Å². The number of rotatable bonds is 4. The fourth-order valence-electron chi connectivity index (χ4n) is 1.63. The van der Waals surface area contributed by atoms with Gasteiger partial charge in [0.15, 0.2) is 0 Å². The summed E-state index contributed by atoms with van der Waals surface area (Å²) in [5, 5.41) is 14.4. The number of hydrogen-bond acceptors (Lipinski definition) is 3. The second-order valence-corrected chi connectivity index (χ2v) is 5.70. The predicted molar refractivity (Wildman–Crippen MR) is 64.8 cm³/mol. The molecule has 0 saturated carbocycles. The van der Waals surface area contributed by atoms with Gasteiger partial charge < -0.3 is 15.7 Å². The van der Waals surface area contributed by atoms with Crippen molar-refractivity contribution in [2.45, 2.75) is 52.1 Å². The molecule has 0 radical (unpaired) electrons. The van der Waals surface area contributed by atoms with Gasteiger partial charge in [-0.1, -0.05) is 0 Å². The van der Waals surface area contributed by atoms with Gasteiger partial charge in [0.25, 0.3) is 0 Å². The van der Waals surface area contributed by atoms with Gasteiger partial charge in [0, 0.05) is 6.42 Å². The van der Waals surface area contributed by atoms with Crippen molar-refractivity contribution >= 4 is 17.8 Å². The molecular weight excluding hydrogens is 236 g/mol. The first-order valence-electron chi connectivity index (χ1n) is 5.93. The van der Waals surface area contributed by atoms with Crippen LogP contribution in [0.2, 0.25) is 0 Å². The standard InChI is InChI=1S/C12H20N2O4/c1-11(2,10(17)18)12(3,4)14-9(16)7-5-6-8(15)13-7/h7H,5-6H2,1-4H3,(H,13,15)(H,14,16)(H,17,18). The van der Waals surface area contributed by atoms with E-state index < -0.39 is 23.0 Å². The van der Waals surface area contributed by atoms with Gasteiger partial charge in [0.05, 0.1) is 11.0 Å². The molecule has 1 saturated heterocycles. The quantitative estimate of drug-likeness (QED) is 0.672. The zero-order valence-electron chi connectivity index (χ0n) is 11.2. The van der Waals surface area contributed by atoms with Crippen molar-refractivity contribution in [3.05, 3.63) is 0 Å². The molecule has 0 aromatic carbocycles. The minimum absolute atomic E-state index is 0.148. The largest absolute Gasteiger partial charge is 0.481 e. The first kappa shape index (κ1) is 14.5. The first-order valence-corrected chi connectivity index (χ1v) is 5.93. The van der Waals surface area contributed by atoms with E-state index in [-0.39, 0.29) is 11.8 Å². The number of nitrogens with one attached hydrogen (secondary N) is 2. The summed E-state index contributed by atoms with van der Waals surface area (Å²) in [6.45, 7) is 6.44. The summed E-state index contributed by atoms with van der Waals surface area (Å²) in [5.41, 5.74) is -2.02. The lowest BCUT2D eigenvalue weighted by molar-refractivity contribution is -0.152. The normalized spacial score (nSPS) is 20.4. The van der Waals surface area contributed by atoms with Crippen LogP contribution >= 0.6 is 0 Å². The number of aliphatic carboxylic acids is 1. The second kappa shape index (κ2) is 4.59. The van der Waals surface area contributed by atoms with E-state index in [1.807, 2.05) is 0 Å². The molecule has 0 bridgehead atoms. The Morgan fingerprint density at radius 1 is 1.33 bits per heavy atom. The van der Waals surface area contributed by atoms with Gasteiger partial charge in [-0.15, -0.1) is 0 Å². The van der Waals surface area contributed by atoms with Crippen LogP contribution in [0, 0.1) is 5.41 Å². The van der Waals surface area contributed by atoms with Gasteiger partial charge in [-0.2, -0.15) is 0 Å². The highest BCUT2D eigenvalue weighted by Gasteiger charge is 2.45. The fraction of sp³-hybridized carbons (Fsp3) is 0.750. The van der Waals surface area contributed by atoms with Crippen LogP contribution < -0.4 is 10.6 Å². The summed E-state index contributed by atoms with van der Waals surface area (Å²) in [6, 6.07) is -0.554. The monoisotopic (exact) mass is 256 g/mol. The van der Waals surface area contributed by atoms with Crippen LogP contribution in [0.3, 0.4) is 0 Å². The van der Waals surface area contributed by atoms with E-state index in [2.05, 4.69) is 10.6 Å². The van der Waals surface area contributed by atoms with Gasteiger partial charge in [0.2, 0.25) is 11.8 Å². The molecule has 0 aromatic rings. The Morgan fingerprint density at radius 2 is 1.89 bits per heavy atom. The Kier molecular flexibility index (Phi) is 3.69. The molecule has 1 heterocycles. The maximum absolute atomic E-state index is 12.0. The highest BCUT2D eigenvalue weighted by Crippen LogP contribution is 2.30. The number of hydrogen-bond donors (Lipinski definition) is 3. The van der Waals surface area contributed by atoms with E-state index in [0.717, 1.165) is 0 Å². The summed E-state index contributed by atoms with van der Waals surface area (Å²) in [5.74, 6) is -1.46. The number of carbonyl (C=O) groups is 3. The molecule has 0 aliphatic carbocycles. The van der Waals surface area contributed by atoms with Crippen LogP contribution in [0.5, 0.6) is 0 Å². The van der Waals surface area contributed by atoms with Crippen molar-refractivity contribution < 1.29 is 19.5 Å². The first-order chi connectivity index (χ1) is 8.08. The van der Waals surface area contributed by atoms with Gasteiger partial charge in [-0.05, 0) is 34.1 Å². The average molecular weight is 256 g/mol. The molecule has 0 spiro atoms. The molecule has 0 aromatic heterocycles. The molecule has 1 aliphatic rings. The lowest BCUT2D eigenvalue weighted by Crippen LogP contribution is -2.59. The number of carboxylic acids is 1. The van der Waals surface area contributed by atoms with Gasteiger partial charge in [-0.25, -0.2) is 0 Å². The van der Waals surface area contributed by atoms with E-state index in [1.165, 1.54) is 0 Å². The lowest BCUT2D eigenvalue weighted by atomic mass is 9.74. The summed E-state index contributed by atoms with van der Waals surface area (Å²) < 4.78 is 0. The summed E-state index contributed by atoms with van der Waals surface area (Å²) >= 11 is 0. The van der Waals surface area contributed by atoms with E-state index in [4.69, 9.17) is 0 Å². The minimum Gasteiger partial charge on any atom is -0.481 e. The van der Waals surface area contributed by atoms with E-state index in [9.17, 15) is 19.5 Å². The van der Waals surface area contributed by atoms with Crippen LogP contribution in [-0.4, -0.2) is 34.5 Å². The third-order valence-corrected chi connectivity index (χ3v) is 3.84. The molecule has 1 fully saturated rings. The topological polar surface area (TPSA) is 95.5 Å². The zero-order chi connectivity index (χ0) is 14.1. The molecule has 1 unspecified atom stereocenters. The molecule has 1 atom stereocenters. The van der Waals surface area contributed by atoms with Crippen molar-refractivity contribution in [3.8, 4) is 0 Å². The maximum Gasteiger partial charge on any atom is 0.311 e. The SMILES string of the molecule is CC(C)(NC(=O)C1CCC(=O)N1)C(C)(C)C(=O)O. The number of amides is 2. The minimum atomic E-state index is -1.11. The molecule has 1 rings (SSSR count). The summed E-state index contributed by atoms with van der Waals surface area (Å²) in [6.07, 6.45) is 0.787. The second-order valence-electron chi connectivity index (χ2n) is 5.70. The van der Waals surface area contributed by atoms with Crippen molar-refractivity contribution in [2.24, 2.45) is 5.41 Å². The molecule has 102 valence electrons. The third-order valence-electron chi connectivity index (χ3n) is 3.84. The Hall–Kier alpha value is -1.59. The molecular formula is C12H20N2O4. The van der Waals surface area contributed by atoms with Crippen molar-refractivity contribution in [1.82, 2.24) is 10.6 Å². The van der Waals surface area contributed by atoms with Crippen molar-refractivity contribution in [1.29, 1.82) is 0 Å². The Labute approximate surface area is 106 Å². The Morgan fingerprint density at radius 3 is 2.28 bits per heavy atom. The van der Waals surface area contributed by atoms with Crippen LogP contribution in [0.4, 0.5) is 0 Å². The van der Waals surface area contributed by atoms with Gasteiger partial charge in [-0.3, -0.25) is 14.4 Å². The third kappa shape index (κ3) is 2.63. The van der Waals surface area contributed by atoms with E-state index >= 15 is 0 Å². The lowest BCUT2D eigenvalue weighted by Gasteiger charge is -2.39. The number of carbonyl (C=O) groups excluding carboxylic acids is 2. The predicted octanol–water partition coefficient (Wildman–Crippen LogP) is 0.271. The highest BCUT2D eigenvalue weighted by molar-refractivity contribution is 5.91. The molecule has 3 N–H and O–H groups in total. The van der Waals surface area contributed by atoms with Gasteiger partial charge in [0.1, 0.15) is 6.04 Å². The van der Waals surface area contributed by atoms with Crippen LogP contribution in [0.1, 0.15) is 40.5 Å². The van der Waals surface area contributed by atoms with E-state index in [1.54, 1.807) is 27.7 Å². The zero-order valence-corrected chi connectivity index (χ0v) is 11.2. The van der Waals surface area contributed by atoms with E-state index in [0.29, 0.717) is 12.8 Å². The molecule has 6 nitrogen and oxygen atoms in total. The molecule has 6 heteroatoms. The fourth-order valence-corrected chi connectivity index (χ4v) is 1.63. The highest BCUT2D eigenvalue weighted by atomic mass is 16.4. The summed E-state index contributed by atoms with van der Waals surface area (Å²) in [7, 11) is 0. The van der Waals surface area contributed by atoms with Gasteiger partial charge >= 0.3 is 5.97 Å². The van der Waals surface area contributed by atoms with Crippen molar-refractivity contribution in [3.63, 3.8) is 0 Å². The summed E-state index contributed by atoms with van der Waals surface area (Å²) in [4.78, 5) is 34.2. The van der Waals surface area contributed by atoms with Crippen molar-refractivity contribution in [2.75, 3.05) is 0 Å². The Balaban J connectivity index is 2.74.